The first kappa shape index (κ1) is 76.9. The highest BCUT2D eigenvalue weighted by Gasteiger charge is 2.20. The third kappa shape index (κ3) is 64.0. The van der Waals surface area contributed by atoms with Gasteiger partial charge in [-0.1, -0.05) is 386 Å². The number of ether oxygens (including phenoxy) is 1. The first-order chi connectivity index (χ1) is 38.5. The number of hydrogen-bond acceptors (Lipinski definition) is 5. The minimum atomic E-state index is -0.662. The van der Waals surface area contributed by atoms with E-state index in [-0.39, 0.29) is 18.5 Å². The lowest BCUT2D eigenvalue weighted by molar-refractivity contribution is -0.143. The highest BCUT2D eigenvalue weighted by atomic mass is 16.5. The summed E-state index contributed by atoms with van der Waals surface area (Å²) in [4.78, 5) is 24.6. The van der Waals surface area contributed by atoms with Crippen molar-refractivity contribution in [2.24, 2.45) is 0 Å². The lowest BCUT2D eigenvalue weighted by Crippen LogP contribution is -2.45. The second-order valence-electron chi connectivity index (χ2n) is 25.3. The van der Waals surface area contributed by atoms with E-state index in [1.54, 1.807) is 0 Å². The van der Waals surface area contributed by atoms with Crippen molar-refractivity contribution < 1.29 is 24.5 Å². The molecular formula is C72H143NO5. The molecule has 0 bridgehead atoms. The number of esters is 1. The van der Waals surface area contributed by atoms with Crippen LogP contribution in [0.1, 0.15) is 425 Å². The highest BCUT2D eigenvalue weighted by molar-refractivity contribution is 5.76. The molecule has 466 valence electrons. The maximum atomic E-state index is 12.5. The van der Waals surface area contributed by atoms with Crippen LogP contribution >= 0.6 is 0 Å². The molecule has 0 aromatic heterocycles. The molecule has 0 spiro atoms. The number of aliphatic hydroxyl groups is 2. The number of amides is 1. The van der Waals surface area contributed by atoms with Gasteiger partial charge in [0.05, 0.1) is 25.4 Å². The van der Waals surface area contributed by atoms with Gasteiger partial charge in [0.25, 0.3) is 0 Å². The second-order valence-corrected chi connectivity index (χ2v) is 25.3. The first-order valence-electron chi connectivity index (χ1n) is 36.3. The quantitative estimate of drug-likeness (QED) is 0.0417. The monoisotopic (exact) mass is 1100 g/mol. The number of nitrogens with one attached hydrogen (secondary N) is 1. The molecule has 2 unspecified atom stereocenters. The zero-order valence-electron chi connectivity index (χ0n) is 53.4. The minimum absolute atomic E-state index is 0.0208. The summed E-state index contributed by atoms with van der Waals surface area (Å²) >= 11 is 0. The fourth-order valence-corrected chi connectivity index (χ4v) is 11.9. The molecule has 0 aliphatic heterocycles. The average molecular weight is 1100 g/mol. The summed E-state index contributed by atoms with van der Waals surface area (Å²) in [6, 6.07) is -0.539. The van der Waals surface area contributed by atoms with Crippen LogP contribution in [0.3, 0.4) is 0 Å². The Kier molecular flexibility index (Phi) is 67.4. The summed E-state index contributed by atoms with van der Waals surface area (Å²) in [7, 11) is 0. The molecule has 0 aliphatic carbocycles. The van der Waals surface area contributed by atoms with Crippen LogP contribution in [0, 0.1) is 0 Å². The van der Waals surface area contributed by atoms with Crippen LogP contribution < -0.4 is 5.32 Å². The SMILES string of the molecule is CCCCCCCCCCCCCCCCCCCCCCCC(O)C(CO)NC(=O)CCCCCCCCCCCCCCCCCCCCCCCCCCCCCCOC(=O)CCCCCCCCCCCCCC. The number of carbonyl (C=O) groups excluding carboxylic acids is 2. The Labute approximate surface area is 489 Å². The molecule has 3 N–H and O–H groups in total. The van der Waals surface area contributed by atoms with Gasteiger partial charge in [-0.05, 0) is 25.7 Å². The summed E-state index contributed by atoms with van der Waals surface area (Å²) in [5.41, 5.74) is 0. The smallest absolute Gasteiger partial charge is 0.305 e. The van der Waals surface area contributed by atoms with Crippen LogP contribution in [0.5, 0.6) is 0 Å². The van der Waals surface area contributed by atoms with Crippen molar-refractivity contribution in [2.75, 3.05) is 13.2 Å². The zero-order valence-corrected chi connectivity index (χ0v) is 53.4. The van der Waals surface area contributed by atoms with Gasteiger partial charge in [-0.2, -0.15) is 0 Å². The summed E-state index contributed by atoms with van der Waals surface area (Å²) in [6.45, 7) is 5.00. The number of unbranched alkanes of at least 4 members (excludes halogenated alkanes) is 58. The Hall–Kier alpha value is -1.14. The van der Waals surface area contributed by atoms with Crippen molar-refractivity contribution in [3.63, 3.8) is 0 Å². The van der Waals surface area contributed by atoms with Crippen LogP contribution in [0.2, 0.25) is 0 Å². The predicted molar refractivity (Wildman–Crippen MR) is 343 cm³/mol. The molecule has 0 rings (SSSR count). The molecule has 0 aromatic carbocycles. The van der Waals surface area contributed by atoms with E-state index in [4.69, 9.17) is 4.74 Å². The van der Waals surface area contributed by atoms with E-state index in [0.717, 1.165) is 38.5 Å². The van der Waals surface area contributed by atoms with Gasteiger partial charge in [0, 0.05) is 12.8 Å². The fourth-order valence-electron chi connectivity index (χ4n) is 11.9. The molecule has 6 heteroatoms. The summed E-state index contributed by atoms with van der Waals surface area (Å²) in [6.07, 6.45) is 83.0. The number of carbonyl (C=O) groups is 2. The van der Waals surface area contributed by atoms with E-state index in [9.17, 15) is 19.8 Å². The second kappa shape index (κ2) is 68.4. The van der Waals surface area contributed by atoms with Crippen molar-refractivity contribution in [1.82, 2.24) is 5.32 Å². The van der Waals surface area contributed by atoms with Crippen LogP contribution in [0.4, 0.5) is 0 Å². The zero-order chi connectivity index (χ0) is 56.4. The Morgan fingerprint density at radius 2 is 0.526 bits per heavy atom. The first-order valence-corrected chi connectivity index (χ1v) is 36.3. The number of rotatable bonds is 69. The molecular weight excluding hydrogens is 959 g/mol. The van der Waals surface area contributed by atoms with E-state index in [0.29, 0.717) is 25.9 Å². The van der Waals surface area contributed by atoms with Crippen molar-refractivity contribution in [3.8, 4) is 0 Å². The summed E-state index contributed by atoms with van der Waals surface area (Å²) in [5.74, 6) is -0.00538. The summed E-state index contributed by atoms with van der Waals surface area (Å²) < 4.78 is 5.49. The number of aliphatic hydroxyl groups excluding tert-OH is 2. The van der Waals surface area contributed by atoms with Gasteiger partial charge in [-0.25, -0.2) is 0 Å². The number of hydrogen-bond donors (Lipinski definition) is 3. The van der Waals surface area contributed by atoms with Gasteiger partial charge in [-0.3, -0.25) is 9.59 Å². The predicted octanol–water partition coefficient (Wildman–Crippen LogP) is 23.4. The van der Waals surface area contributed by atoms with Crippen molar-refractivity contribution in [1.29, 1.82) is 0 Å². The Morgan fingerprint density at radius 1 is 0.308 bits per heavy atom. The Balaban J connectivity index is 3.34. The third-order valence-corrected chi connectivity index (χ3v) is 17.4. The molecule has 2 atom stereocenters. The molecule has 0 heterocycles. The maximum Gasteiger partial charge on any atom is 0.305 e. The molecule has 6 nitrogen and oxygen atoms in total. The van der Waals surface area contributed by atoms with Gasteiger partial charge in [-0.15, -0.1) is 0 Å². The molecule has 0 aromatic rings. The van der Waals surface area contributed by atoms with Gasteiger partial charge in [0.15, 0.2) is 0 Å². The molecule has 0 fully saturated rings. The molecule has 0 aliphatic rings. The van der Waals surface area contributed by atoms with E-state index in [2.05, 4.69) is 19.2 Å². The van der Waals surface area contributed by atoms with Gasteiger partial charge in [0.2, 0.25) is 5.91 Å². The Morgan fingerprint density at radius 3 is 0.782 bits per heavy atom. The lowest BCUT2D eigenvalue weighted by atomic mass is 10.0. The minimum Gasteiger partial charge on any atom is -0.466 e. The maximum absolute atomic E-state index is 12.5. The molecule has 0 saturated heterocycles. The van der Waals surface area contributed by atoms with Gasteiger partial charge in [0.1, 0.15) is 0 Å². The molecule has 0 saturated carbocycles. The molecule has 78 heavy (non-hydrogen) atoms. The van der Waals surface area contributed by atoms with Crippen LogP contribution in [0.25, 0.3) is 0 Å². The topological polar surface area (TPSA) is 95.9 Å². The fraction of sp³-hybridized carbons (Fsp3) is 0.972. The van der Waals surface area contributed by atoms with E-state index < -0.39 is 12.1 Å². The van der Waals surface area contributed by atoms with Crippen molar-refractivity contribution >= 4 is 11.9 Å². The normalized spacial score (nSPS) is 12.4. The van der Waals surface area contributed by atoms with Crippen LogP contribution in [-0.4, -0.2) is 47.4 Å². The van der Waals surface area contributed by atoms with E-state index >= 15 is 0 Å². The van der Waals surface area contributed by atoms with Crippen LogP contribution in [-0.2, 0) is 14.3 Å². The third-order valence-electron chi connectivity index (χ3n) is 17.4. The molecule has 1 amide bonds. The lowest BCUT2D eigenvalue weighted by Gasteiger charge is -2.22. The van der Waals surface area contributed by atoms with E-state index in [1.165, 1.54) is 353 Å². The van der Waals surface area contributed by atoms with E-state index in [1.807, 2.05) is 0 Å². The van der Waals surface area contributed by atoms with Crippen LogP contribution in [0.15, 0.2) is 0 Å². The highest BCUT2D eigenvalue weighted by Crippen LogP contribution is 2.20. The van der Waals surface area contributed by atoms with Gasteiger partial charge < -0.3 is 20.3 Å². The molecule has 0 radical (unpaired) electrons. The average Bonchev–Trinajstić information content (AvgIpc) is 3.44. The van der Waals surface area contributed by atoms with Gasteiger partial charge >= 0.3 is 5.97 Å². The van der Waals surface area contributed by atoms with Crippen molar-refractivity contribution in [2.45, 2.75) is 437 Å². The Bertz CT molecular complexity index is 1130. The summed E-state index contributed by atoms with van der Waals surface area (Å²) in [5, 5.41) is 23.4. The van der Waals surface area contributed by atoms with Crippen molar-refractivity contribution in [3.05, 3.63) is 0 Å². The standard InChI is InChI=1S/C72H143NO5/c1-3-5-7-9-11-13-15-17-18-19-20-29-32-35-38-41-44-48-52-56-60-64-70(75)69(68-74)73-71(76)65-61-57-53-49-45-42-39-36-33-30-27-25-23-21-22-24-26-28-31-34-37-40-43-47-51-55-59-63-67-78-72(77)66-62-58-54-50-46-16-14-12-10-8-6-4-2/h69-70,74-75H,3-68H2,1-2H3,(H,73,76). The largest absolute Gasteiger partial charge is 0.466 e.